The van der Waals surface area contributed by atoms with Crippen LogP contribution in [-0.4, -0.2) is 42.0 Å². The van der Waals surface area contributed by atoms with Crippen molar-refractivity contribution in [1.82, 2.24) is 4.90 Å². The predicted octanol–water partition coefficient (Wildman–Crippen LogP) is 3.16. The Hall–Kier alpha value is -2.80. The second kappa shape index (κ2) is 6.98. The van der Waals surface area contributed by atoms with Crippen molar-refractivity contribution in [3.8, 4) is 11.5 Å². The fraction of sp³-hybridized carbons (Fsp3) is 0.235. The lowest BCUT2D eigenvalue weighted by Gasteiger charge is -2.29. The van der Waals surface area contributed by atoms with Crippen LogP contribution < -0.4 is 9.47 Å². The third-order valence-electron chi connectivity index (χ3n) is 3.79. The molecule has 2 aromatic carbocycles. The highest BCUT2D eigenvalue weighted by molar-refractivity contribution is 6.34. The highest BCUT2D eigenvalue weighted by atomic mass is 35.5. The Bertz CT molecular complexity index is 826. The number of likely N-dealkylation sites (N-methyl/N-ethyl adjacent to an activating group) is 1. The van der Waals surface area contributed by atoms with Gasteiger partial charge in [0, 0.05) is 19.2 Å². The van der Waals surface area contributed by atoms with Gasteiger partial charge in [0.05, 0.1) is 22.1 Å². The van der Waals surface area contributed by atoms with Gasteiger partial charge in [0.2, 0.25) is 0 Å². The predicted molar refractivity (Wildman–Crippen MR) is 91.4 cm³/mol. The molecule has 25 heavy (non-hydrogen) atoms. The van der Waals surface area contributed by atoms with E-state index in [-0.39, 0.29) is 28.3 Å². The molecule has 0 spiro atoms. The number of nitrogens with zero attached hydrogens (tertiary/aromatic N) is 2. The Balaban J connectivity index is 1.68. The molecule has 3 rings (SSSR count). The molecule has 1 aliphatic heterocycles. The first-order valence-corrected chi connectivity index (χ1v) is 7.91. The lowest BCUT2D eigenvalue weighted by Crippen LogP contribution is -2.41. The monoisotopic (exact) mass is 362 g/mol. The Labute approximate surface area is 148 Å². The van der Waals surface area contributed by atoms with Crippen LogP contribution >= 0.6 is 11.6 Å². The minimum absolute atomic E-state index is 0.0391. The number of para-hydroxylation sites is 2. The number of fused-ring (bicyclic) bond motifs is 1. The molecule has 7 nitrogen and oxygen atoms in total. The Kier molecular flexibility index (Phi) is 4.76. The number of nitro benzene ring substituents is 1. The second-order valence-corrected chi connectivity index (χ2v) is 6.01. The molecule has 0 fully saturated rings. The lowest BCUT2D eigenvalue weighted by molar-refractivity contribution is -0.384. The molecule has 0 saturated heterocycles. The van der Waals surface area contributed by atoms with Gasteiger partial charge >= 0.3 is 0 Å². The molecule has 0 aromatic heterocycles. The number of benzene rings is 2. The molecule has 0 radical (unpaired) electrons. The SMILES string of the molecule is CN(C[C@@H]1COc2ccccc2O1)C(=O)c1ccc([N+](=O)[O-])cc1Cl. The molecule has 1 heterocycles. The van der Waals surface area contributed by atoms with Gasteiger partial charge in [0.1, 0.15) is 6.61 Å². The molecular weight excluding hydrogens is 348 g/mol. The quantitative estimate of drug-likeness (QED) is 0.616. The van der Waals surface area contributed by atoms with Crippen LogP contribution in [-0.2, 0) is 0 Å². The molecule has 0 aliphatic carbocycles. The summed E-state index contributed by atoms with van der Waals surface area (Å²) in [7, 11) is 1.62. The molecule has 2 aromatic rings. The fourth-order valence-corrected chi connectivity index (χ4v) is 2.79. The van der Waals surface area contributed by atoms with E-state index >= 15 is 0 Å². The summed E-state index contributed by atoms with van der Waals surface area (Å²) < 4.78 is 11.5. The van der Waals surface area contributed by atoms with Crippen molar-refractivity contribution in [2.45, 2.75) is 6.10 Å². The maximum absolute atomic E-state index is 12.5. The highest BCUT2D eigenvalue weighted by Gasteiger charge is 2.25. The number of amides is 1. The summed E-state index contributed by atoms with van der Waals surface area (Å²) in [6, 6.07) is 11.1. The van der Waals surface area contributed by atoms with E-state index in [2.05, 4.69) is 0 Å². The van der Waals surface area contributed by atoms with Crippen LogP contribution in [0, 0.1) is 10.1 Å². The van der Waals surface area contributed by atoms with E-state index in [0.717, 1.165) is 0 Å². The number of rotatable bonds is 4. The van der Waals surface area contributed by atoms with Crippen molar-refractivity contribution >= 4 is 23.2 Å². The summed E-state index contributed by atoms with van der Waals surface area (Å²) in [5.74, 6) is 0.960. The summed E-state index contributed by atoms with van der Waals surface area (Å²) in [6.45, 7) is 0.614. The number of nitro groups is 1. The number of carbonyl (C=O) groups is 1. The first-order chi connectivity index (χ1) is 12.0. The first kappa shape index (κ1) is 17.0. The summed E-state index contributed by atoms with van der Waals surface area (Å²) in [6.07, 6.45) is -0.319. The van der Waals surface area contributed by atoms with Gasteiger partial charge in [0.15, 0.2) is 17.6 Å². The van der Waals surface area contributed by atoms with Gasteiger partial charge in [-0.2, -0.15) is 0 Å². The normalized spacial score (nSPS) is 15.5. The standard InChI is InChI=1S/C17H15ClN2O5/c1-19(9-12-10-24-15-4-2-3-5-16(15)25-12)17(21)13-7-6-11(20(22)23)8-14(13)18/h2-8,12H,9-10H2,1H3/t12-/m1/s1. The summed E-state index contributed by atoms with van der Waals surface area (Å²) >= 11 is 6.01. The van der Waals surface area contributed by atoms with Crippen molar-refractivity contribution in [3.63, 3.8) is 0 Å². The number of non-ortho nitro benzene ring substituents is 1. The lowest BCUT2D eigenvalue weighted by atomic mass is 10.1. The summed E-state index contributed by atoms with van der Waals surface area (Å²) in [5, 5.41) is 10.8. The molecule has 1 amide bonds. The van der Waals surface area contributed by atoms with E-state index in [1.165, 1.54) is 23.1 Å². The number of hydrogen-bond donors (Lipinski definition) is 0. The fourth-order valence-electron chi connectivity index (χ4n) is 2.54. The summed E-state index contributed by atoms with van der Waals surface area (Å²) in [4.78, 5) is 24.2. The Morgan fingerprint density at radius 2 is 2.04 bits per heavy atom. The van der Waals surface area contributed by atoms with Crippen LogP contribution in [0.5, 0.6) is 11.5 Å². The molecular formula is C17H15ClN2O5. The maximum atomic E-state index is 12.5. The van der Waals surface area contributed by atoms with Gasteiger partial charge in [-0.15, -0.1) is 0 Å². The topological polar surface area (TPSA) is 81.9 Å². The third kappa shape index (κ3) is 3.66. The smallest absolute Gasteiger partial charge is 0.270 e. The minimum atomic E-state index is -0.561. The van der Waals surface area contributed by atoms with Gasteiger partial charge in [0.25, 0.3) is 11.6 Å². The van der Waals surface area contributed by atoms with Crippen LogP contribution in [0.4, 0.5) is 5.69 Å². The number of halogens is 1. The van der Waals surface area contributed by atoms with Gasteiger partial charge in [-0.05, 0) is 18.2 Å². The van der Waals surface area contributed by atoms with Gasteiger partial charge in [-0.1, -0.05) is 23.7 Å². The van der Waals surface area contributed by atoms with Gasteiger partial charge < -0.3 is 14.4 Å². The van der Waals surface area contributed by atoms with Crippen LogP contribution in [0.2, 0.25) is 5.02 Å². The molecule has 8 heteroatoms. The van der Waals surface area contributed by atoms with Crippen molar-refractivity contribution in [1.29, 1.82) is 0 Å². The van der Waals surface area contributed by atoms with Crippen molar-refractivity contribution in [3.05, 3.63) is 63.2 Å². The van der Waals surface area contributed by atoms with Crippen molar-refractivity contribution in [2.75, 3.05) is 20.2 Å². The van der Waals surface area contributed by atoms with E-state index in [1.807, 2.05) is 18.2 Å². The first-order valence-electron chi connectivity index (χ1n) is 7.53. The molecule has 1 aliphatic rings. The van der Waals surface area contributed by atoms with E-state index < -0.39 is 4.92 Å². The zero-order valence-corrected chi connectivity index (χ0v) is 14.1. The zero-order chi connectivity index (χ0) is 18.0. The van der Waals surface area contributed by atoms with Crippen LogP contribution in [0.15, 0.2) is 42.5 Å². The highest BCUT2D eigenvalue weighted by Crippen LogP contribution is 2.31. The number of carbonyl (C=O) groups excluding carboxylic acids is 1. The second-order valence-electron chi connectivity index (χ2n) is 5.60. The van der Waals surface area contributed by atoms with Gasteiger partial charge in [-0.3, -0.25) is 14.9 Å². The van der Waals surface area contributed by atoms with E-state index in [0.29, 0.717) is 24.7 Å². The van der Waals surface area contributed by atoms with Crippen molar-refractivity contribution in [2.24, 2.45) is 0 Å². The molecule has 0 N–H and O–H groups in total. The van der Waals surface area contributed by atoms with E-state index in [4.69, 9.17) is 21.1 Å². The maximum Gasteiger partial charge on any atom is 0.270 e. The Morgan fingerprint density at radius 1 is 1.32 bits per heavy atom. The molecule has 0 bridgehead atoms. The largest absolute Gasteiger partial charge is 0.486 e. The average Bonchev–Trinajstić information content (AvgIpc) is 2.60. The average molecular weight is 363 g/mol. The number of hydrogen-bond acceptors (Lipinski definition) is 5. The van der Waals surface area contributed by atoms with E-state index in [1.54, 1.807) is 13.1 Å². The van der Waals surface area contributed by atoms with Crippen LogP contribution in [0.1, 0.15) is 10.4 Å². The summed E-state index contributed by atoms with van der Waals surface area (Å²) in [5.41, 5.74) is 0.0386. The Morgan fingerprint density at radius 3 is 2.72 bits per heavy atom. The number of ether oxygens (including phenoxy) is 2. The van der Waals surface area contributed by atoms with Crippen molar-refractivity contribution < 1.29 is 19.2 Å². The minimum Gasteiger partial charge on any atom is -0.486 e. The van der Waals surface area contributed by atoms with Crippen LogP contribution in [0.25, 0.3) is 0 Å². The molecule has 1 atom stereocenters. The van der Waals surface area contributed by atoms with Gasteiger partial charge in [-0.25, -0.2) is 0 Å². The zero-order valence-electron chi connectivity index (χ0n) is 13.3. The van der Waals surface area contributed by atoms with E-state index in [9.17, 15) is 14.9 Å². The van der Waals surface area contributed by atoms with Crippen LogP contribution in [0.3, 0.4) is 0 Å². The third-order valence-corrected chi connectivity index (χ3v) is 4.10. The molecule has 130 valence electrons. The molecule has 0 unspecified atom stereocenters. The molecule has 0 saturated carbocycles.